The van der Waals surface area contributed by atoms with Crippen molar-refractivity contribution in [1.82, 2.24) is 9.55 Å². The summed E-state index contributed by atoms with van der Waals surface area (Å²) >= 11 is 0. The average molecular weight is 327 g/mol. The van der Waals surface area contributed by atoms with Crippen LogP contribution in [0.4, 0.5) is 10.2 Å². The molecule has 8 nitrogen and oxygen atoms in total. The Bertz CT molecular complexity index is 711. The number of anilines is 1. The fraction of sp³-hybridized carbons (Fsp3) is 0.571. The second-order valence-electron chi connectivity index (χ2n) is 5.37. The molecule has 1 aliphatic heterocycles. The van der Waals surface area contributed by atoms with E-state index in [4.69, 9.17) is 10.5 Å². The number of alkyl halides is 1. The summed E-state index contributed by atoms with van der Waals surface area (Å²) in [6.45, 7) is 1.80. The van der Waals surface area contributed by atoms with E-state index in [0.29, 0.717) is 5.69 Å². The molecule has 1 saturated heterocycles. The Morgan fingerprint density at radius 1 is 1.65 bits per heavy atom. The summed E-state index contributed by atoms with van der Waals surface area (Å²) in [6.07, 6.45) is -5.51. The fourth-order valence-electron chi connectivity index (χ4n) is 2.59. The molecule has 1 unspecified atom stereocenters. The Morgan fingerprint density at radius 2 is 2.30 bits per heavy atom. The van der Waals surface area contributed by atoms with Gasteiger partial charge in [0.25, 0.3) is 0 Å². The molecule has 126 valence electrons. The van der Waals surface area contributed by atoms with Crippen molar-refractivity contribution >= 4 is 5.82 Å². The molecule has 2 rings (SSSR count). The minimum absolute atomic E-state index is 0.0206. The van der Waals surface area contributed by atoms with Crippen LogP contribution in [-0.2, 0) is 4.74 Å². The number of rotatable bonds is 2. The van der Waals surface area contributed by atoms with Crippen molar-refractivity contribution in [2.45, 2.75) is 44.0 Å². The van der Waals surface area contributed by atoms with Crippen LogP contribution in [0.15, 0.2) is 10.9 Å². The van der Waals surface area contributed by atoms with Crippen LogP contribution in [-0.4, -0.2) is 55.5 Å². The summed E-state index contributed by atoms with van der Waals surface area (Å²) in [5.41, 5.74) is 2.66. The molecule has 0 aliphatic carbocycles. The largest absolute Gasteiger partial charge is 0.391 e. The topological polar surface area (TPSA) is 131 Å². The zero-order valence-corrected chi connectivity index (χ0v) is 12.6. The molecule has 0 amide bonds. The quantitative estimate of drug-likeness (QED) is 0.485. The van der Waals surface area contributed by atoms with E-state index in [1.54, 1.807) is 0 Å². The highest BCUT2D eigenvalue weighted by Crippen LogP contribution is 2.39. The highest BCUT2D eigenvalue weighted by Gasteiger charge is 2.57. The van der Waals surface area contributed by atoms with E-state index >= 15 is 0 Å². The third kappa shape index (κ3) is 2.94. The number of aliphatic hydroxyl groups is 3. The second-order valence-corrected chi connectivity index (χ2v) is 5.37. The lowest BCUT2D eigenvalue weighted by molar-refractivity contribution is -0.0891. The SMILES string of the molecule is Cc1cc(N)nc(=O)n1[C@@H]1O[C@H]([C@H](C)O)[C@H](O)C1(O)C#CCF. The van der Waals surface area contributed by atoms with Crippen LogP contribution >= 0.6 is 0 Å². The van der Waals surface area contributed by atoms with Crippen molar-refractivity contribution < 1.29 is 24.4 Å². The zero-order valence-electron chi connectivity index (χ0n) is 12.6. The number of halogens is 1. The first-order valence-corrected chi connectivity index (χ1v) is 6.88. The molecule has 0 spiro atoms. The number of aliphatic hydroxyl groups excluding tert-OH is 2. The molecule has 1 aromatic heterocycles. The monoisotopic (exact) mass is 327 g/mol. The van der Waals surface area contributed by atoms with Crippen molar-refractivity contribution in [2.24, 2.45) is 0 Å². The van der Waals surface area contributed by atoms with Crippen LogP contribution in [0.5, 0.6) is 0 Å². The molecule has 5 N–H and O–H groups in total. The summed E-state index contributed by atoms with van der Waals surface area (Å²) in [4.78, 5) is 15.7. The van der Waals surface area contributed by atoms with Crippen molar-refractivity contribution in [1.29, 1.82) is 0 Å². The Balaban J connectivity index is 2.61. The molecular formula is C14H18FN3O5. The van der Waals surface area contributed by atoms with Gasteiger partial charge < -0.3 is 25.8 Å². The Hall–Kier alpha value is -1.99. The summed E-state index contributed by atoms with van der Waals surface area (Å²) in [5, 5.41) is 30.6. The van der Waals surface area contributed by atoms with Gasteiger partial charge in [0.15, 0.2) is 11.8 Å². The predicted molar refractivity (Wildman–Crippen MR) is 77.9 cm³/mol. The highest BCUT2D eigenvalue weighted by atomic mass is 19.1. The van der Waals surface area contributed by atoms with Gasteiger partial charge in [-0.05, 0) is 19.9 Å². The third-order valence-electron chi connectivity index (χ3n) is 3.66. The standard InChI is InChI=1S/C14H18FN3O5/c1-7-6-9(16)17-13(21)18(7)12-14(22,4-3-5-15)11(20)10(23-12)8(2)19/h6,8,10-12,19-20,22H,5H2,1-2H3,(H2,16,17,21)/t8-,10+,11-,12+,14?/m0/s1. The van der Waals surface area contributed by atoms with Crippen LogP contribution in [0.2, 0.25) is 0 Å². The first-order chi connectivity index (χ1) is 10.7. The minimum atomic E-state index is -2.29. The van der Waals surface area contributed by atoms with Crippen LogP contribution in [0, 0.1) is 18.8 Å². The number of aromatic nitrogens is 2. The van der Waals surface area contributed by atoms with Crippen molar-refractivity contribution in [3.63, 3.8) is 0 Å². The molecule has 0 saturated carbocycles. The summed E-state index contributed by atoms with van der Waals surface area (Å²) < 4.78 is 18.8. The van der Waals surface area contributed by atoms with Gasteiger partial charge in [-0.2, -0.15) is 4.98 Å². The van der Waals surface area contributed by atoms with E-state index in [2.05, 4.69) is 10.9 Å². The second kappa shape index (κ2) is 6.25. The number of nitrogens with zero attached hydrogens (tertiary/aromatic N) is 2. The number of hydrogen-bond acceptors (Lipinski definition) is 7. The minimum Gasteiger partial charge on any atom is -0.391 e. The number of nitrogens with two attached hydrogens (primary N) is 1. The van der Waals surface area contributed by atoms with Gasteiger partial charge in [-0.3, -0.25) is 4.57 Å². The lowest BCUT2D eigenvalue weighted by Crippen LogP contribution is -2.49. The lowest BCUT2D eigenvalue weighted by atomic mass is 9.92. The maximum absolute atomic E-state index is 12.4. The maximum Gasteiger partial charge on any atom is 0.351 e. The number of hydrogen-bond donors (Lipinski definition) is 4. The van der Waals surface area contributed by atoms with Gasteiger partial charge in [0.1, 0.15) is 24.7 Å². The van der Waals surface area contributed by atoms with E-state index in [0.717, 1.165) is 4.57 Å². The van der Waals surface area contributed by atoms with Crippen molar-refractivity contribution in [3.8, 4) is 11.8 Å². The molecule has 1 fully saturated rings. The summed E-state index contributed by atoms with van der Waals surface area (Å²) in [7, 11) is 0. The summed E-state index contributed by atoms with van der Waals surface area (Å²) in [5.74, 6) is 4.19. The van der Waals surface area contributed by atoms with Gasteiger partial charge in [0.2, 0.25) is 0 Å². The number of nitrogen functional groups attached to an aromatic ring is 1. The zero-order chi connectivity index (χ0) is 17.4. The smallest absolute Gasteiger partial charge is 0.351 e. The fourth-order valence-corrected chi connectivity index (χ4v) is 2.59. The van der Waals surface area contributed by atoms with Gasteiger partial charge in [-0.25, -0.2) is 9.18 Å². The van der Waals surface area contributed by atoms with Crippen molar-refractivity contribution in [2.75, 3.05) is 12.4 Å². The molecule has 5 atom stereocenters. The van der Waals surface area contributed by atoms with Crippen LogP contribution in [0.1, 0.15) is 18.8 Å². The van der Waals surface area contributed by atoms with E-state index in [9.17, 15) is 24.5 Å². The average Bonchev–Trinajstić information content (AvgIpc) is 2.70. The number of ether oxygens (including phenoxy) is 1. The van der Waals surface area contributed by atoms with Crippen molar-refractivity contribution in [3.05, 3.63) is 22.2 Å². The van der Waals surface area contributed by atoms with Gasteiger partial charge in [-0.15, -0.1) is 0 Å². The molecule has 23 heavy (non-hydrogen) atoms. The predicted octanol–water partition coefficient (Wildman–Crippen LogP) is -1.52. The molecule has 2 heterocycles. The van der Waals surface area contributed by atoms with E-state index in [1.165, 1.54) is 19.9 Å². The molecule has 1 aromatic rings. The first-order valence-electron chi connectivity index (χ1n) is 6.88. The van der Waals surface area contributed by atoms with Crippen LogP contribution in [0.25, 0.3) is 0 Å². The Kier molecular flexibility index (Phi) is 4.72. The van der Waals surface area contributed by atoms with E-state index in [-0.39, 0.29) is 5.82 Å². The van der Waals surface area contributed by atoms with Gasteiger partial charge in [-0.1, -0.05) is 11.8 Å². The first kappa shape index (κ1) is 17.4. The van der Waals surface area contributed by atoms with Gasteiger partial charge in [0.05, 0.1) is 6.10 Å². The Morgan fingerprint density at radius 3 is 2.83 bits per heavy atom. The van der Waals surface area contributed by atoms with Gasteiger partial charge in [0, 0.05) is 5.69 Å². The Labute approximate surface area is 131 Å². The maximum atomic E-state index is 12.4. The molecular weight excluding hydrogens is 309 g/mol. The van der Waals surface area contributed by atoms with Crippen LogP contribution in [0.3, 0.4) is 0 Å². The lowest BCUT2D eigenvalue weighted by Gasteiger charge is -2.27. The van der Waals surface area contributed by atoms with E-state index < -0.39 is 42.5 Å². The van der Waals surface area contributed by atoms with E-state index in [1.807, 2.05) is 5.92 Å². The van der Waals surface area contributed by atoms with Crippen LogP contribution < -0.4 is 11.4 Å². The summed E-state index contributed by atoms with van der Waals surface area (Å²) in [6, 6.07) is 1.37. The molecule has 9 heteroatoms. The molecule has 0 radical (unpaired) electrons. The van der Waals surface area contributed by atoms with Gasteiger partial charge >= 0.3 is 5.69 Å². The highest BCUT2D eigenvalue weighted by molar-refractivity contribution is 5.30. The number of aryl methyl sites for hydroxylation is 1. The third-order valence-corrected chi connectivity index (χ3v) is 3.66. The molecule has 0 bridgehead atoms. The molecule has 0 aromatic carbocycles. The molecule has 1 aliphatic rings. The normalized spacial score (nSPS) is 31.5.